The maximum Gasteiger partial charge on any atom is 0.255 e. The molecular formula is C13H18N2O2. The van der Waals surface area contributed by atoms with Crippen molar-refractivity contribution in [3.63, 3.8) is 0 Å². The molecule has 0 aliphatic carbocycles. The fraction of sp³-hybridized carbons (Fsp3) is 0.538. The van der Waals surface area contributed by atoms with Crippen molar-refractivity contribution in [2.75, 3.05) is 13.1 Å². The van der Waals surface area contributed by atoms with E-state index in [1.54, 1.807) is 4.90 Å². The minimum atomic E-state index is -0.383. The van der Waals surface area contributed by atoms with E-state index in [4.69, 9.17) is 0 Å². The lowest BCUT2D eigenvalue weighted by Gasteiger charge is -2.30. The quantitative estimate of drug-likeness (QED) is 0.796. The van der Waals surface area contributed by atoms with Gasteiger partial charge >= 0.3 is 0 Å². The average molecular weight is 234 g/mol. The van der Waals surface area contributed by atoms with Gasteiger partial charge in [0, 0.05) is 18.8 Å². The number of aliphatic hydroxyl groups is 1. The molecule has 1 amide bonds. The van der Waals surface area contributed by atoms with Crippen LogP contribution in [0.25, 0.3) is 0 Å². The first-order valence-electron chi connectivity index (χ1n) is 5.99. The van der Waals surface area contributed by atoms with Crippen LogP contribution in [-0.4, -0.2) is 40.1 Å². The third-order valence-electron chi connectivity index (χ3n) is 3.14. The molecule has 4 heteroatoms. The van der Waals surface area contributed by atoms with Gasteiger partial charge in [0.2, 0.25) is 0 Å². The molecular weight excluding hydrogens is 216 g/mol. The van der Waals surface area contributed by atoms with Crippen LogP contribution in [0, 0.1) is 13.8 Å². The highest BCUT2D eigenvalue weighted by molar-refractivity contribution is 5.95. The zero-order valence-electron chi connectivity index (χ0n) is 10.3. The van der Waals surface area contributed by atoms with Gasteiger partial charge in [-0.2, -0.15) is 0 Å². The van der Waals surface area contributed by atoms with Gasteiger partial charge in [-0.15, -0.1) is 0 Å². The number of carbonyl (C=O) groups is 1. The van der Waals surface area contributed by atoms with Gasteiger partial charge in [0.1, 0.15) is 0 Å². The van der Waals surface area contributed by atoms with E-state index in [0.29, 0.717) is 12.1 Å². The zero-order valence-corrected chi connectivity index (χ0v) is 10.3. The van der Waals surface area contributed by atoms with Gasteiger partial charge in [-0.05, 0) is 38.8 Å². The molecule has 1 unspecified atom stereocenters. The minimum absolute atomic E-state index is 0.0197. The van der Waals surface area contributed by atoms with Crippen LogP contribution in [0.15, 0.2) is 12.1 Å². The predicted octanol–water partition coefficient (Wildman–Crippen LogP) is 1.30. The van der Waals surface area contributed by atoms with Crippen LogP contribution in [0.3, 0.4) is 0 Å². The van der Waals surface area contributed by atoms with Crippen LogP contribution in [-0.2, 0) is 0 Å². The van der Waals surface area contributed by atoms with Crippen LogP contribution < -0.4 is 0 Å². The Labute approximate surface area is 101 Å². The number of aryl methyl sites for hydroxylation is 2. The number of carbonyl (C=O) groups excluding carboxylic acids is 1. The molecule has 1 N–H and O–H groups in total. The summed E-state index contributed by atoms with van der Waals surface area (Å²) in [5, 5.41) is 9.58. The summed E-state index contributed by atoms with van der Waals surface area (Å²) in [6.45, 7) is 4.92. The summed E-state index contributed by atoms with van der Waals surface area (Å²) in [7, 11) is 0. The number of piperidine rings is 1. The monoisotopic (exact) mass is 234 g/mol. The van der Waals surface area contributed by atoms with Gasteiger partial charge in [0.15, 0.2) is 0 Å². The molecule has 1 aromatic rings. The minimum Gasteiger partial charge on any atom is -0.391 e. The molecule has 17 heavy (non-hydrogen) atoms. The third kappa shape index (κ3) is 2.64. The second-order valence-corrected chi connectivity index (χ2v) is 4.63. The number of nitrogens with zero attached hydrogens (tertiary/aromatic N) is 2. The number of rotatable bonds is 1. The summed E-state index contributed by atoms with van der Waals surface area (Å²) in [4.78, 5) is 18.3. The van der Waals surface area contributed by atoms with Crippen molar-refractivity contribution in [2.45, 2.75) is 32.8 Å². The number of hydrogen-bond donors (Lipinski definition) is 1. The number of amides is 1. The molecule has 0 bridgehead atoms. The molecule has 1 aromatic heterocycles. The van der Waals surface area contributed by atoms with Gasteiger partial charge < -0.3 is 10.0 Å². The number of β-amino-alcohol motifs (C(OH)–C–C–N with tert-alkyl or cyclic N) is 1. The first-order chi connectivity index (χ1) is 8.08. The van der Waals surface area contributed by atoms with Gasteiger partial charge in [0.05, 0.1) is 17.4 Å². The zero-order chi connectivity index (χ0) is 12.4. The van der Waals surface area contributed by atoms with E-state index in [1.165, 1.54) is 0 Å². The van der Waals surface area contributed by atoms with E-state index in [2.05, 4.69) is 4.98 Å². The Morgan fingerprint density at radius 3 is 2.88 bits per heavy atom. The molecule has 4 nitrogen and oxygen atoms in total. The molecule has 1 aliphatic heterocycles. The van der Waals surface area contributed by atoms with Crippen molar-refractivity contribution in [2.24, 2.45) is 0 Å². The summed E-state index contributed by atoms with van der Waals surface area (Å²) in [6, 6.07) is 3.67. The van der Waals surface area contributed by atoms with E-state index in [-0.39, 0.29) is 12.0 Å². The molecule has 1 saturated heterocycles. The van der Waals surface area contributed by atoms with Crippen LogP contribution in [0.1, 0.15) is 34.6 Å². The summed E-state index contributed by atoms with van der Waals surface area (Å²) >= 11 is 0. The fourth-order valence-electron chi connectivity index (χ4n) is 2.22. The normalized spacial score (nSPS) is 20.4. The molecule has 0 saturated carbocycles. The lowest BCUT2D eigenvalue weighted by molar-refractivity contribution is 0.0472. The molecule has 2 heterocycles. The standard InChI is InChI=1S/C13H18N2O2/c1-9-5-6-12(10(2)14-9)13(17)15-7-3-4-11(16)8-15/h5-6,11,16H,3-4,7-8H2,1-2H3. The smallest absolute Gasteiger partial charge is 0.255 e. The second-order valence-electron chi connectivity index (χ2n) is 4.63. The Bertz CT molecular complexity index is 431. The lowest BCUT2D eigenvalue weighted by atomic mass is 10.1. The largest absolute Gasteiger partial charge is 0.391 e. The fourth-order valence-corrected chi connectivity index (χ4v) is 2.22. The molecule has 0 spiro atoms. The Hall–Kier alpha value is -1.42. The Balaban J connectivity index is 2.18. The molecule has 1 atom stereocenters. The van der Waals surface area contributed by atoms with Crippen molar-refractivity contribution in [3.8, 4) is 0 Å². The SMILES string of the molecule is Cc1ccc(C(=O)N2CCCC(O)C2)c(C)n1. The van der Waals surface area contributed by atoms with Crippen LogP contribution >= 0.6 is 0 Å². The molecule has 0 aromatic carbocycles. The van der Waals surface area contributed by atoms with Crippen molar-refractivity contribution < 1.29 is 9.90 Å². The Morgan fingerprint density at radius 2 is 2.24 bits per heavy atom. The van der Waals surface area contributed by atoms with Gasteiger partial charge in [-0.1, -0.05) is 0 Å². The van der Waals surface area contributed by atoms with Crippen LogP contribution in [0.4, 0.5) is 0 Å². The second kappa shape index (κ2) is 4.84. The number of likely N-dealkylation sites (tertiary alicyclic amines) is 1. The summed E-state index contributed by atoms with van der Waals surface area (Å²) < 4.78 is 0. The maximum absolute atomic E-state index is 12.3. The highest BCUT2D eigenvalue weighted by Gasteiger charge is 2.24. The third-order valence-corrected chi connectivity index (χ3v) is 3.14. The number of aromatic nitrogens is 1. The van der Waals surface area contributed by atoms with Gasteiger partial charge in [-0.25, -0.2) is 0 Å². The molecule has 1 fully saturated rings. The first kappa shape index (κ1) is 12.0. The molecule has 0 radical (unpaired) electrons. The van der Waals surface area contributed by atoms with E-state index in [0.717, 1.165) is 30.8 Å². The van der Waals surface area contributed by atoms with Gasteiger partial charge in [0.25, 0.3) is 5.91 Å². The number of aliphatic hydroxyl groups excluding tert-OH is 1. The molecule has 2 rings (SSSR count). The van der Waals surface area contributed by atoms with Crippen molar-refractivity contribution in [3.05, 3.63) is 29.1 Å². The van der Waals surface area contributed by atoms with E-state index in [1.807, 2.05) is 26.0 Å². The highest BCUT2D eigenvalue weighted by atomic mass is 16.3. The number of pyridine rings is 1. The molecule has 92 valence electrons. The predicted molar refractivity (Wildman–Crippen MR) is 64.9 cm³/mol. The van der Waals surface area contributed by atoms with Crippen LogP contribution in [0.2, 0.25) is 0 Å². The van der Waals surface area contributed by atoms with E-state index in [9.17, 15) is 9.90 Å². The Kier molecular flexibility index (Phi) is 3.43. The summed E-state index contributed by atoms with van der Waals surface area (Å²) in [5.74, 6) is -0.0197. The highest BCUT2D eigenvalue weighted by Crippen LogP contribution is 2.15. The topological polar surface area (TPSA) is 53.4 Å². The van der Waals surface area contributed by atoms with Crippen molar-refractivity contribution in [1.29, 1.82) is 0 Å². The van der Waals surface area contributed by atoms with Crippen LogP contribution in [0.5, 0.6) is 0 Å². The van der Waals surface area contributed by atoms with Crippen molar-refractivity contribution >= 4 is 5.91 Å². The summed E-state index contributed by atoms with van der Waals surface area (Å²) in [6.07, 6.45) is 1.27. The van der Waals surface area contributed by atoms with E-state index >= 15 is 0 Å². The average Bonchev–Trinajstić information content (AvgIpc) is 2.28. The van der Waals surface area contributed by atoms with Gasteiger partial charge in [-0.3, -0.25) is 9.78 Å². The van der Waals surface area contributed by atoms with Crippen molar-refractivity contribution in [1.82, 2.24) is 9.88 Å². The maximum atomic E-state index is 12.3. The first-order valence-corrected chi connectivity index (χ1v) is 5.99. The number of hydrogen-bond acceptors (Lipinski definition) is 3. The lowest BCUT2D eigenvalue weighted by Crippen LogP contribution is -2.42. The van der Waals surface area contributed by atoms with E-state index < -0.39 is 0 Å². The summed E-state index contributed by atoms with van der Waals surface area (Å²) in [5.41, 5.74) is 2.32. The molecule has 1 aliphatic rings. The Morgan fingerprint density at radius 1 is 1.47 bits per heavy atom.